The third-order valence-corrected chi connectivity index (χ3v) is 5.73. The van der Waals surface area contributed by atoms with Gasteiger partial charge < -0.3 is 9.47 Å². The van der Waals surface area contributed by atoms with Crippen molar-refractivity contribution in [2.45, 2.75) is 78.1 Å². The lowest BCUT2D eigenvalue weighted by molar-refractivity contribution is -0.135. The second kappa shape index (κ2) is 12.2. The van der Waals surface area contributed by atoms with Gasteiger partial charge in [-0.3, -0.25) is 9.59 Å². The van der Waals surface area contributed by atoms with Gasteiger partial charge in [-0.15, -0.1) is 0 Å². The van der Waals surface area contributed by atoms with E-state index in [1.807, 2.05) is 48.5 Å². The molecule has 0 saturated heterocycles. The molecule has 0 aromatic heterocycles. The molecule has 0 spiro atoms. The average molecular weight is 435 g/mol. The SMILES string of the molecule is CCCCCCC(=O)Oc1c2ccccc2c(OC(=O)CCCCCC)c2ccccc12. The van der Waals surface area contributed by atoms with Crippen LogP contribution in [0.3, 0.4) is 0 Å². The van der Waals surface area contributed by atoms with E-state index in [1.165, 1.54) is 0 Å². The van der Waals surface area contributed by atoms with Crippen LogP contribution < -0.4 is 9.47 Å². The smallest absolute Gasteiger partial charge is 0.311 e. The number of benzene rings is 3. The Bertz CT molecular complexity index is 913. The number of ether oxygens (including phenoxy) is 2. The Balaban J connectivity index is 1.92. The maximum Gasteiger partial charge on any atom is 0.311 e. The Kier molecular flexibility index (Phi) is 9.09. The predicted octanol–water partition coefficient (Wildman–Crippen LogP) is 7.74. The fourth-order valence-corrected chi connectivity index (χ4v) is 3.99. The van der Waals surface area contributed by atoms with Gasteiger partial charge in [-0.1, -0.05) is 101 Å². The van der Waals surface area contributed by atoms with Crippen molar-refractivity contribution in [3.8, 4) is 11.5 Å². The fraction of sp³-hybridized carbons (Fsp3) is 0.429. The summed E-state index contributed by atoms with van der Waals surface area (Å²) >= 11 is 0. The number of unbranched alkanes of at least 4 members (excludes halogenated alkanes) is 6. The zero-order valence-electron chi connectivity index (χ0n) is 19.3. The molecule has 0 bridgehead atoms. The van der Waals surface area contributed by atoms with E-state index in [2.05, 4.69) is 13.8 Å². The van der Waals surface area contributed by atoms with Crippen molar-refractivity contribution in [2.24, 2.45) is 0 Å². The lowest BCUT2D eigenvalue weighted by atomic mass is 10.0. The van der Waals surface area contributed by atoms with Crippen molar-refractivity contribution in [2.75, 3.05) is 0 Å². The van der Waals surface area contributed by atoms with Crippen LogP contribution in [0.1, 0.15) is 78.1 Å². The summed E-state index contributed by atoms with van der Waals surface area (Å²) in [4.78, 5) is 25.2. The van der Waals surface area contributed by atoms with Crippen LogP contribution in [0.15, 0.2) is 48.5 Å². The number of esters is 2. The number of hydrogen-bond donors (Lipinski definition) is 0. The first-order valence-corrected chi connectivity index (χ1v) is 12.0. The molecule has 0 atom stereocenters. The Morgan fingerprint density at radius 2 is 0.906 bits per heavy atom. The van der Waals surface area contributed by atoms with Gasteiger partial charge in [-0.2, -0.15) is 0 Å². The maximum atomic E-state index is 12.6. The molecule has 4 heteroatoms. The molecule has 0 amide bonds. The van der Waals surface area contributed by atoms with Crippen LogP contribution in [-0.4, -0.2) is 11.9 Å². The van der Waals surface area contributed by atoms with E-state index in [0.29, 0.717) is 24.3 Å². The third kappa shape index (κ3) is 6.09. The normalized spacial score (nSPS) is 11.1. The molecule has 0 aliphatic heterocycles. The van der Waals surface area contributed by atoms with Gasteiger partial charge in [0.1, 0.15) is 11.5 Å². The van der Waals surface area contributed by atoms with Crippen LogP contribution in [0, 0.1) is 0 Å². The molecule has 0 N–H and O–H groups in total. The van der Waals surface area contributed by atoms with E-state index < -0.39 is 0 Å². The minimum Gasteiger partial charge on any atom is -0.425 e. The number of carbonyl (C=O) groups excluding carboxylic acids is 2. The van der Waals surface area contributed by atoms with E-state index in [-0.39, 0.29) is 11.9 Å². The summed E-state index contributed by atoms with van der Waals surface area (Å²) in [5.41, 5.74) is 0. The highest BCUT2D eigenvalue weighted by Gasteiger charge is 2.19. The van der Waals surface area contributed by atoms with Crippen LogP contribution in [0.4, 0.5) is 0 Å². The summed E-state index contributed by atoms with van der Waals surface area (Å²) in [6.07, 6.45) is 9.02. The molecule has 170 valence electrons. The lowest BCUT2D eigenvalue weighted by Gasteiger charge is -2.16. The van der Waals surface area contributed by atoms with E-state index in [9.17, 15) is 9.59 Å². The van der Waals surface area contributed by atoms with Crippen molar-refractivity contribution in [1.29, 1.82) is 0 Å². The van der Waals surface area contributed by atoms with E-state index >= 15 is 0 Å². The van der Waals surface area contributed by atoms with Crippen LogP contribution in [0.25, 0.3) is 21.5 Å². The molecule has 3 aromatic rings. The molecule has 32 heavy (non-hydrogen) atoms. The van der Waals surface area contributed by atoms with Crippen LogP contribution in [-0.2, 0) is 9.59 Å². The van der Waals surface area contributed by atoms with Crippen LogP contribution >= 0.6 is 0 Å². The highest BCUT2D eigenvalue weighted by molar-refractivity contribution is 6.12. The lowest BCUT2D eigenvalue weighted by Crippen LogP contribution is -2.10. The summed E-state index contributed by atoms with van der Waals surface area (Å²) in [5, 5.41) is 3.12. The Morgan fingerprint density at radius 3 is 1.22 bits per heavy atom. The van der Waals surface area contributed by atoms with Gasteiger partial charge in [0.2, 0.25) is 0 Å². The van der Waals surface area contributed by atoms with Crippen molar-refractivity contribution in [1.82, 2.24) is 0 Å². The Morgan fingerprint density at radius 1 is 0.562 bits per heavy atom. The second-order valence-corrected chi connectivity index (χ2v) is 8.32. The van der Waals surface area contributed by atoms with Crippen molar-refractivity contribution < 1.29 is 19.1 Å². The molecular formula is C28H34O4. The standard InChI is InChI=1S/C28H34O4/c1-3-5-7-9-19-25(29)31-27-21-15-11-13-17-23(21)28(24-18-14-12-16-22(24)27)32-26(30)20-10-8-6-4-2/h11-18H,3-10,19-20H2,1-2H3. The number of hydrogen-bond acceptors (Lipinski definition) is 4. The topological polar surface area (TPSA) is 52.6 Å². The molecular weight excluding hydrogens is 400 g/mol. The average Bonchev–Trinajstić information content (AvgIpc) is 2.81. The first-order valence-electron chi connectivity index (χ1n) is 12.0. The Labute approximate surface area is 190 Å². The van der Waals surface area contributed by atoms with Crippen molar-refractivity contribution in [3.05, 3.63) is 48.5 Å². The minimum atomic E-state index is -0.225. The van der Waals surface area contributed by atoms with Crippen molar-refractivity contribution >= 4 is 33.5 Å². The first kappa shape index (κ1) is 23.8. The fourth-order valence-electron chi connectivity index (χ4n) is 3.99. The van der Waals surface area contributed by atoms with Crippen molar-refractivity contribution in [3.63, 3.8) is 0 Å². The van der Waals surface area contributed by atoms with Crippen LogP contribution in [0.2, 0.25) is 0 Å². The molecule has 4 nitrogen and oxygen atoms in total. The highest BCUT2D eigenvalue weighted by Crippen LogP contribution is 2.43. The summed E-state index contributed by atoms with van der Waals surface area (Å²) in [6, 6.07) is 15.3. The molecule has 0 radical (unpaired) electrons. The summed E-state index contributed by atoms with van der Waals surface area (Å²) in [5.74, 6) is 0.632. The summed E-state index contributed by atoms with van der Waals surface area (Å²) in [6.45, 7) is 4.30. The van der Waals surface area contributed by atoms with Gasteiger partial charge >= 0.3 is 11.9 Å². The zero-order valence-corrected chi connectivity index (χ0v) is 19.3. The van der Waals surface area contributed by atoms with Gasteiger partial charge in [-0.25, -0.2) is 0 Å². The van der Waals surface area contributed by atoms with E-state index in [0.717, 1.165) is 72.9 Å². The largest absolute Gasteiger partial charge is 0.425 e. The third-order valence-electron chi connectivity index (χ3n) is 5.73. The molecule has 0 aliphatic carbocycles. The number of carbonyl (C=O) groups is 2. The van der Waals surface area contributed by atoms with Gasteiger partial charge in [0.15, 0.2) is 0 Å². The highest BCUT2D eigenvalue weighted by atomic mass is 16.5. The van der Waals surface area contributed by atoms with E-state index in [4.69, 9.17) is 9.47 Å². The molecule has 0 heterocycles. The zero-order chi connectivity index (χ0) is 22.8. The Hall–Kier alpha value is -2.88. The molecule has 3 aromatic carbocycles. The number of rotatable bonds is 12. The monoisotopic (exact) mass is 434 g/mol. The second-order valence-electron chi connectivity index (χ2n) is 8.32. The molecule has 3 rings (SSSR count). The molecule has 0 unspecified atom stereocenters. The molecule has 0 saturated carbocycles. The van der Waals surface area contributed by atoms with Crippen LogP contribution in [0.5, 0.6) is 11.5 Å². The summed E-state index contributed by atoms with van der Waals surface area (Å²) in [7, 11) is 0. The van der Waals surface area contributed by atoms with Gasteiger partial charge in [0, 0.05) is 34.4 Å². The van der Waals surface area contributed by atoms with Gasteiger partial charge in [-0.05, 0) is 12.8 Å². The molecule has 0 aliphatic rings. The van der Waals surface area contributed by atoms with Gasteiger partial charge in [0.25, 0.3) is 0 Å². The summed E-state index contributed by atoms with van der Waals surface area (Å²) < 4.78 is 11.8. The quantitative estimate of drug-likeness (QED) is 0.127. The van der Waals surface area contributed by atoms with Gasteiger partial charge in [0.05, 0.1) is 0 Å². The molecule has 0 fully saturated rings. The predicted molar refractivity (Wildman–Crippen MR) is 130 cm³/mol. The first-order chi connectivity index (χ1) is 15.7. The number of fused-ring (bicyclic) bond motifs is 2. The van der Waals surface area contributed by atoms with E-state index in [1.54, 1.807) is 0 Å². The minimum absolute atomic E-state index is 0.225. The maximum absolute atomic E-state index is 12.6.